The molecular weight excluding hydrogens is 409 g/mol. The first kappa shape index (κ1) is 20.4. The maximum absolute atomic E-state index is 13.1. The third-order valence-corrected chi connectivity index (χ3v) is 5.19. The molecule has 0 bridgehead atoms. The molecule has 1 heterocycles. The third-order valence-electron chi connectivity index (χ3n) is 3.80. The second kappa shape index (κ2) is 7.59. The van der Waals surface area contributed by atoms with E-state index in [-0.39, 0.29) is 22.2 Å². The molecule has 2 aromatic carbocycles. The number of rotatable bonds is 5. The van der Waals surface area contributed by atoms with Crippen molar-refractivity contribution in [1.29, 1.82) is 0 Å². The Labute approximate surface area is 164 Å². The number of anilines is 2. The van der Waals surface area contributed by atoms with Crippen molar-refractivity contribution in [2.45, 2.75) is 18.0 Å². The molecule has 1 amide bonds. The highest BCUT2D eigenvalue weighted by Gasteiger charge is 2.32. The van der Waals surface area contributed by atoms with Crippen LogP contribution in [0.3, 0.4) is 0 Å². The molecule has 0 fully saturated rings. The summed E-state index contributed by atoms with van der Waals surface area (Å²) < 4.78 is 68.2. The number of nitrogens with zero attached hydrogens (tertiary/aromatic N) is 2. The number of benzene rings is 2. The summed E-state index contributed by atoms with van der Waals surface area (Å²) in [6.45, 7) is 1.30. The van der Waals surface area contributed by atoms with Crippen LogP contribution in [0.5, 0.6) is 0 Å². The van der Waals surface area contributed by atoms with E-state index in [1.807, 2.05) is 0 Å². The molecule has 0 aliphatic rings. The number of halogens is 3. The Balaban J connectivity index is 1.99. The van der Waals surface area contributed by atoms with Gasteiger partial charge in [0.15, 0.2) is 0 Å². The molecule has 7 nitrogen and oxygen atoms in total. The van der Waals surface area contributed by atoms with Crippen molar-refractivity contribution in [3.05, 3.63) is 66.5 Å². The minimum Gasteiger partial charge on any atom is -0.326 e. The standard InChI is InChI=1S/C18H15F3N4O3S/c1-12(26)23-14-4-6-15(7-5-14)29(27,28)24-16-11-13(18(19,20)21)3-8-17(16)25-10-2-9-22-25/h2-11,24H,1H3,(H,23,26). The summed E-state index contributed by atoms with van der Waals surface area (Å²) >= 11 is 0. The van der Waals surface area contributed by atoms with Crippen molar-refractivity contribution in [1.82, 2.24) is 9.78 Å². The summed E-state index contributed by atoms with van der Waals surface area (Å²) in [5.74, 6) is -0.327. The average molecular weight is 424 g/mol. The van der Waals surface area contributed by atoms with Gasteiger partial charge in [0.1, 0.15) is 0 Å². The van der Waals surface area contributed by atoms with Gasteiger partial charge in [0.2, 0.25) is 5.91 Å². The normalized spacial score (nSPS) is 11.9. The number of nitrogens with one attached hydrogen (secondary N) is 2. The van der Waals surface area contributed by atoms with Crippen LogP contribution in [0, 0.1) is 0 Å². The molecule has 0 unspecified atom stereocenters. The largest absolute Gasteiger partial charge is 0.416 e. The average Bonchev–Trinajstić information content (AvgIpc) is 3.15. The zero-order valence-corrected chi connectivity index (χ0v) is 15.8. The van der Waals surface area contributed by atoms with Crippen molar-refractivity contribution in [2.24, 2.45) is 0 Å². The van der Waals surface area contributed by atoms with Gasteiger partial charge in [-0.3, -0.25) is 9.52 Å². The quantitative estimate of drug-likeness (QED) is 0.654. The Kier molecular flexibility index (Phi) is 5.33. The number of aromatic nitrogens is 2. The lowest BCUT2D eigenvalue weighted by Gasteiger charge is -2.16. The van der Waals surface area contributed by atoms with Crippen molar-refractivity contribution in [3.8, 4) is 5.69 Å². The van der Waals surface area contributed by atoms with E-state index in [0.29, 0.717) is 11.8 Å². The first-order valence-electron chi connectivity index (χ1n) is 8.18. The molecule has 2 N–H and O–H groups in total. The smallest absolute Gasteiger partial charge is 0.326 e. The lowest BCUT2D eigenvalue weighted by molar-refractivity contribution is -0.137. The van der Waals surface area contributed by atoms with Crippen molar-refractivity contribution < 1.29 is 26.4 Å². The zero-order chi connectivity index (χ0) is 21.2. The molecule has 0 atom stereocenters. The lowest BCUT2D eigenvalue weighted by Crippen LogP contribution is -2.16. The fourth-order valence-corrected chi connectivity index (χ4v) is 3.59. The molecule has 1 aromatic heterocycles. The molecule has 11 heteroatoms. The molecule has 0 radical (unpaired) electrons. The molecule has 0 aliphatic carbocycles. The van der Waals surface area contributed by atoms with Gasteiger partial charge < -0.3 is 5.32 Å². The Morgan fingerprint density at radius 2 is 1.79 bits per heavy atom. The van der Waals surface area contributed by atoms with Crippen LogP contribution in [-0.4, -0.2) is 24.1 Å². The second-order valence-electron chi connectivity index (χ2n) is 5.99. The highest BCUT2D eigenvalue weighted by atomic mass is 32.2. The van der Waals surface area contributed by atoms with Crippen LogP contribution < -0.4 is 10.0 Å². The number of hydrogen-bond acceptors (Lipinski definition) is 4. The maximum Gasteiger partial charge on any atom is 0.416 e. The molecule has 0 saturated carbocycles. The van der Waals surface area contributed by atoms with Crippen LogP contribution in [0.25, 0.3) is 5.69 Å². The lowest BCUT2D eigenvalue weighted by atomic mass is 10.1. The van der Waals surface area contributed by atoms with Gasteiger partial charge in [-0.1, -0.05) is 0 Å². The van der Waals surface area contributed by atoms with E-state index < -0.39 is 21.8 Å². The van der Waals surface area contributed by atoms with Crippen molar-refractivity contribution >= 4 is 27.3 Å². The molecule has 3 rings (SSSR count). The minimum absolute atomic E-state index is 0.126. The van der Waals surface area contributed by atoms with Gasteiger partial charge in [-0.2, -0.15) is 18.3 Å². The Bertz CT molecular complexity index is 1130. The van der Waals surface area contributed by atoms with Crippen LogP contribution in [0.2, 0.25) is 0 Å². The van der Waals surface area contributed by atoms with E-state index in [4.69, 9.17) is 0 Å². The molecule has 152 valence electrons. The van der Waals surface area contributed by atoms with Crippen LogP contribution in [0.15, 0.2) is 65.8 Å². The highest BCUT2D eigenvalue weighted by Crippen LogP contribution is 2.34. The van der Waals surface area contributed by atoms with Crippen LogP contribution in [0.1, 0.15) is 12.5 Å². The number of sulfonamides is 1. The summed E-state index contributed by atoms with van der Waals surface area (Å²) in [6.07, 6.45) is -1.76. The van der Waals surface area contributed by atoms with Crippen molar-refractivity contribution in [2.75, 3.05) is 10.0 Å². The number of hydrogen-bond donors (Lipinski definition) is 2. The Morgan fingerprint density at radius 3 is 2.34 bits per heavy atom. The molecule has 29 heavy (non-hydrogen) atoms. The summed E-state index contributed by atoms with van der Waals surface area (Å²) in [7, 11) is -4.21. The highest BCUT2D eigenvalue weighted by molar-refractivity contribution is 7.92. The minimum atomic E-state index is -4.65. The monoisotopic (exact) mass is 424 g/mol. The molecule has 3 aromatic rings. The number of amides is 1. The fourth-order valence-electron chi connectivity index (χ4n) is 2.53. The maximum atomic E-state index is 13.1. The molecule has 0 spiro atoms. The Hall–Kier alpha value is -3.34. The van der Waals surface area contributed by atoms with Gasteiger partial charge in [-0.05, 0) is 48.5 Å². The molecule has 0 aliphatic heterocycles. The molecule has 0 saturated heterocycles. The summed E-state index contributed by atoms with van der Waals surface area (Å²) in [5.41, 5.74) is -0.782. The molecular formula is C18H15F3N4O3S. The zero-order valence-electron chi connectivity index (χ0n) is 14.9. The van der Waals surface area contributed by atoms with Crippen molar-refractivity contribution in [3.63, 3.8) is 0 Å². The summed E-state index contributed by atoms with van der Waals surface area (Å²) in [4.78, 5) is 10.9. The predicted octanol–water partition coefficient (Wildman–Crippen LogP) is 3.65. The van der Waals surface area contributed by atoms with E-state index in [1.165, 1.54) is 48.3 Å². The second-order valence-corrected chi connectivity index (χ2v) is 7.67. The van der Waals surface area contributed by atoms with Crippen LogP contribution in [-0.2, 0) is 21.0 Å². The van der Waals surface area contributed by atoms with Gasteiger partial charge in [0.05, 0.1) is 21.8 Å². The van der Waals surface area contributed by atoms with Gasteiger partial charge in [-0.25, -0.2) is 13.1 Å². The van der Waals surface area contributed by atoms with Crippen LogP contribution in [0.4, 0.5) is 24.5 Å². The van der Waals surface area contributed by atoms with E-state index in [1.54, 1.807) is 6.07 Å². The van der Waals surface area contributed by atoms with Gasteiger partial charge in [0, 0.05) is 25.0 Å². The first-order valence-corrected chi connectivity index (χ1v) is 9.66. The number of alkyl halides is 3. The topological polar surface area (TPSA) is 93.1 Å². The fraction of sp³-hybridized carbons (Fsp3) is 0.111. The van der Waals surface area contributed by atoms with E-state index in [0.717, 1.165) is 12.1 Å². The van der Waals surface area contributed by atoms with E-state index in [2.05, 4.69) is 15.1 Å². The first-order chi connectivity index (χ1) is 13.6. The summed E-state index contributed by atoms with van der Waals surface area (Å²) in [6, 6.07) is 9.44. The van der Waals surface area contributed by atoms with E-state index in [9.17, 15) is 26.4 Å². The van der Waals surface area contributed by atoms with Gasteiger partial charge in [-0.15, -0.1) is 0 Å². The van der Waals surface area contributed by atoms with Gasteiger partial charge >= 0.3 is 6.18 Å². The van der Waals surface area contributed by atoms with E-state index >= 15 is 0 Å². The number of carbonyl (C=O) groups excluding carboxylic acids is 1. The third kappa shape index (κ3) is 4.74. The SMILES string of the molecule is CC(=O)Nc1ccc(S(=O)(=O)Nc2cc(C(F)(F)F)ccc2-n2cccn2)cc1. The van der Waals surface area contributed by atoms with Gasteiger partial charge in [0.25, 0.3) is 10.0 Å². The Morgan fingerprint density at radius 1 is 1.10 bits per heavy atom. The summed E-state index contributed by atoms with van der Waals surface area (Å²) in [5, 5.41) is 6.44. The number of carbonyl (C=O) groups is 1. The van der Waals surface area contributed by atoms with Crippen LogP contribution >= 0.6 is 0 Å². The predicted molar refractivity (Wildman–Crippen MR) is 100 cm³/mol.